The molecule has 1 aromatic heterocycles. The summed E-state index contributed by atoms with van der Waals surface area (Å²) >= 11 is 6.01. The number of amides is 2. The zero-order chi connectivity index (χ0) is 27.2. The fourth-order valence-electron chi connectivity index (χ4n) is 4.77. The van der Waals surface area contributed by atoms with Gasteiger partial charge in [0.1, 0.15) is 18.3 Å². The molecule has 5 rings (SSSR count). The highest BCUT2D eigenvalue weighted by atomic mass is 35.5. The van der Waals surface area contributed by atoms with Crippen LogP contribution in [0.1, 0.15) is 47.1 Å². The number of nitrogens with zero attached hydrogens (tertiary/aromatic N) is 4. The van der Waals surface area contributed by atoms with Gasteiger partial charge in [-0.15, -0.1) is 0 Å². The van der Waals surface area contributed by atoms with E-state index in [-0.39, 0.29) is 24.4 Å². The van der Waals surface area contributed by atoms with E-state index in [0.717, 1.165) is 24.0 Å². The Morgan fingerprint density at radius 2 is 1.85 bits per heavy atom. The molecule has 1 unspecified atom stereocenters. The predicted octanol–water partition coefficient (Wildman–Crippen LogP) is 5.79. The van der Waals surface area contributed by atoms with Gasteiger partial charge >= 0.3 is 0 Å². The fraction of sp³-hybridized carbons (Fsp3) is 0.267. The average Bonchev–Trinajstić information content (AvgIpc) is 3.47. The van der Waals surface area contributed by atoms with Gasteiger partial charge in [0.05, 0.1) is 7.11 Å². The van der Waals surface area contributed by atoms with Gasteiger partial charge in [0.2, 0.25) is 17.6 Å². The summed E-state index contributed by atoms with van der Waals surface area (Å²) in [6.07, 6.45) is 2.50. The summed E-state index contributed by atoms with van der Waals surface area (Å²) < 4.78 is 10.9. The molecule has 1 aliphatic heterocycles. The van der Waals surface area contributed by atoms with E-state index in [2.05, 4.69) is 10.1 Å². The number of carbonyl (C=O) groups excluding carboxylic acids is 2. The van der Waals surface area contributed by atoms with Crippen molar-refractivity contribution in [3.8, 4) is 17.1 Å². The number of benzene rings is 3. The maximum atomic E-state index is 13.8. The minimum Gasteiger partial charge on any atom is -0.497 e. The smallest absolute Gasteiger partial charge is 0.254 e. The van der Waals surface area contributed by atoms with Crippen LogP contribution in [-0.2, 0) is 11.3 Å². The summed E-state index contributed by atoms with van der Waals surface area (Å²) in [6, 6.07) is 23.4. The molecule has 1 atom stereocenters. The summed E-state index contributed by atoms with van der Waals surface area (Å²) in [6.45, 7) is 0.761. The Bertz CT molecular complexity index is 1420. The van der Waals surface area contributed by atoms with Crippen LogP contribution in [0.4, 0.5) is 0 Å². The molecule has 1 aliphatic rings. The molecule has 1 fully saturated rings. The lowest BCUT2D eigenvalue weighted by atomic mass is 10.0. The Kier molecular flexibility index (Phi) is 8.22. The Labute approximate surface area is 232 Å². The van der Waals surface area contributed by atoms with Crippen molar-refractivity contribution in [1.29, 1.82) is 0 Å². The molecular weight excluding hydrogens is 516 g/mol. The number of carbonyl (C=O) groups is 2. The summed E-state index contributed by atoms with van der Waals surface area (Å²) in [5.74, 6) is 0.997. The number of methoxy groups -OCH3 is 1. The SMILES string of the molecule is COc1cccc(C(=O)N(CC(=O)N2CCCCC2c2nc(-c3ccc(Cl)cc3)no2)Cc2ccccc2)c1. The zero-order valence-corrected chi connectivity index (χ0v) is 22.4. The maximum Gasteiger partial charge on any atom is 0.254 e. The molecule has 2 heterocycles. The number of likely N-dealkylation sites (tertiary alicyclic amines) is 1. The van der Waals surface area contributed by atoms with E-state index in [9.17, 15) is 9.59 Å². The van der Waals surface area contributed by atoms with Crippen LogP contribution in [0.2, 0.25) is 5.02 Å². The highest BCUT2D eigenvalue weighted by Gasteiger charge is 2.34. The van der Waals surface area contributed by atoms with Crippen LogP contribution in [0.3, 0.4) is 0 Å². The molecule has 0 N–H and O–H groups in total. The van der Waals surface area contributed by atoms with Gasteiger partial charge < -0.3 is 19.1 Å². The third kappa shape index (κ3) is 6.29. The summed E-state index contributed by atoms with van der Waals surface area (Å²) in [5, 5.41) is 4.76. The number of rotatable bonds is 8. The Morgan fingerprint density at radius 3 is 2.62 bits per heavy atom. The predicted molar refractivity (Wildman–Crippen MR) is 147 cm³/mol. The van der Waals surface area contributed by atoms with E-state index in [4.69, 9.17) is 20.9 Å². The number of aromatic nitrogens is 2. The molecular formula is C30H29ClN4O4. The first-order valence-electron chi connectivity index (χ1n) is 12.9. The number of hydrogen-bond donors (Lipinski definition) is 0. The lowest BCUT2D eigenvalue weighted by molar-refractivity contribution is -0.136. The van der Waals surface area contributed by atoms with Crippen molar-refractivity contribution in [3.05, 3.63) is 101 Å². The second-order valence-corrected chi connectivity index (χ2v) is 9.88. The summed E-state index contributed by atoms with van der Waals surface area (Å²) in [4.78, 5) is 35.3. The van der Waals surface area contributed by atoms with Crippen LogP contribution < -0.4 is 4.74 Å². The van der Waals surface area contributed by atoms with Gasteiger partial charge in [-0.3, -0.25) is 9.59 Å². The van der Waals surface area contributed by atoms with Gasteiger partial charge in [-0.2, -0.15) is 4.98 Å². The van der Waals surface area contributed by atoms with E-state index in [1.54, 1.807) is 53.3 Å². The number of piperidine rings is 1. The minimum absolute atomic E-state index is 0.0837. The van der Waals surface area contributed by atoms with Crippen molar-refractivity contribution in [2.24, 2.45) is 0 Å². The molecule has 1 saturated heterocycles. The normalized spacial score (nSPS) is 15.1. The van der Waals surface area contributed by atoms with Crippen molar-refractivity contribution in [2.45, 2.75) is 31.8 Å². The highest BCUT2D eigenvalue weighted by Crippen LogP contribution is 2.32. The van der Waals surface area contributed by atoms with Gasteiger partial charge in [-0.05, 0) is 67.3 Å². The van der Waals surface area contributed by atoms with Gasteiger partial charge in [0.15, 0.2) is 0 Å². The largest absolute Gasteiger partial charge is 0.497 e. The molecule has 0 spiro atoms. The van der Waals surface area contributed by atoms with E-state index in [1.165, 1.54) is 0 Å². The molecule has 39 heavy (non-hydrogen) atoms. The number of ether oxygens (including phenoxy) is 1. The van der Waals surface area contributed by atoms with Crippen LogP contribution in [-0.4, -0.2) is 52.0 Å². The van der Waals surface area contributed by atoms with E-state index in [1.807, 2.05) is 42.5 Å². The fourth-order valence-corrected chi connectivity index (χ4v) is 4.90. The molecule has 4 aromatic rings. The van der Waals surface area contributed by atoms with Crippen molar-refractivity contribution in [2.75, 3.05) is 20.2 Å². The standard InChI is InChI=1S/C30H29ClN4O4/c1-38-25-11-7-10-23(18-25)30(37)34(19-21-8-3-2-4-9-21)20-27(36)35-17-6-5-12-26(35)29-32-28(33-39-29)22-13-15-24(31)16-14-22/h2-4,7-11,13-16,18,26H,5-6,12,17,19-20H2,1H3. The van der Waals surface area contributed by atoms with Crippen LogP contribution in [0.25, 0.3) is 11.4 Å². The molecule has 3 aromatic carbocycles. The quantitative estimate of drug-likeness (QED) is 0.279. The Morgan fingerprint density at radius 1 is 1.05 bits per heavy atom. The Balaban J connectivity index is 1.38. The van der Waals surface area contributed by atoms with Crippen LogP contribution in [0.15, 0.2) is 83.4 Å². The van der Waals surface area contributed by atoms with E-state index < -0.39 is 0 Å². The van der Waals surface area contributed by atoms with Crippen LogP contribution in [0.5, 0.6) is 5.75 Å². The minimum atomic E-state index is -0.356. The average molecular weight is 545 g/mol. The monoisotopic (exact) mass is 544 g/mol. The van der Waals surface area contributed by atoms with Gasteiger partial charge in [-0.25, -0.2) is 0 Å². The van der Waals surface area contributed by atoms with Crippen molar-refractivity contribution < 1.29 is 18.8 Å². The van der Waals surface area contributed by atoms with Crippen molar-refractivity contribution in [3.63, 3.8) is 0 Å². The molecule has 2 amide bonds. The molecule has 0 radical (unpaired) electrons. The lowest BCUT2D eigenvalue weighted by Crippen LogP contribution is -2.45. The topological polar surface area (TPSA) is 88.8 Å². The highest BCUT2D eigenvalue weighted by molar-refractivity contribution is 6.30. The molecule has 200 valence electrons. The van der Waals surface area contributed by atoms with Crippen LogP contribution in [0, 0.1) is 0 Å². The zero-order valence-electron chi connectivity index (χ0n) is 21.6. The number of hydrogen-bond acceptors (Lipinski definition) is 6. The third-order valence-electron chi connectivity index (χ3n) is 6.80. The lowest BCUT2D eigenvalue weighted by Gasteiger charge is -2.35. The second kappa shape index (κ2) is 12.1. The molecule has 0 bridgehead atoms. The summed E-state index contributed by atoms with van der Waals surface area (Å²) in [5.41, 5.74) is 2.17. The second-order valence-electron chi connectivity index (χ2n) is 9.44. The summed E-state index contributed by atoms with van der Waals surface area (Å²) in [7, 11) is 1.56. The Hall–Kier alpha value is -4.17. The third-order valence-corrected chi connectivity index (χ3v) is 7.05. The van der Waals surface area contributed by atoms with Crippen LogP contribution >= 0.6 is 11.6 Å². The van der Waals surface area contributed by atoms with Crippen molar-refractivity contribution in [1.82, 2.24) is 19.9 Å². The van der Waals surface area contributed by atoms with Gasteiger partial charge in [0, 0.05) is 29.2 Å². The molecule has 0 aliphatic carbocycles. The van der Waals surface area contributed by atoms with Crippen molar-refractivity contribution >= 4 is 23.4 Å². The first-order chi connectivity index (χ1) is 19.0. The maximum absolute atomic E-state index is 13.8. The first-order valence-corrected chi connectivity index (χ1v) is 13.3. The first kappa shape index (κ1) is 26.4. The number of halogens is 1. The van der Waals surface area contributed by atoms with Gasteiger partial charge in [-0.1, -0.05) is 53.2 Å². The van der Waals surface area contributed by atoms with E-state index >= 15 is 0 Å². The van der Waals surface area contributed by atoms with E-state index in [0.29, 0.717) is 47.6 Å². The molecule has 8 nitrogen and oxygen atoms in total. The molecule has 9 heteroatoms. The van der Waals surface area contributed by atoms with Gasteiger partial charge in [0.25, 0.3) is 5.91 Å². The molecule has 0 saturated carbocycles.